The summed E-state index contributed by atoms with van der Waals surface area (Å²) in [5.41, 5.74) is 0.995. The van der Waals surface area contributed by atoms with Crippen molar-refractivity contribution in [3.05, 3.63) is 36.2 Å². The molecule has 2 aromatic rings. The Hall–Kier alpha value is -1.43. The van der Waals surface area contributed by atoms with Crippen LogP contribution < -0.4 is 5.32 Å². The van der Waals surface area contributed by atoms with Crippen LogP contribution >= 0.6 is 12.4 Å². The van der Waals surface area contributed by atoms with Gasteiger partial charge in [-0.05, 0) is 19.5 Å². The standard InChI is InChI=1S/C14H18N4O.ClH/c1-2-5-12(6-3-1)14-16-13(19-17-14)11-18-9-4-7-15-8-10-18;/h1-3,5-6,15H,4,7-11H2;1H. The number of nitrogens with zero attached hydrogens (tertiary/aromatic N) is 3. The molecule has 1 aliphatic rings. The van der Waals surface area contributed by atoms with Gasteiger partial charge in [0.25, 0.3) is 0 Å². The molecule has 1 aromatic heterocycles. The van der Waals surface area contributed by atoms with Gasteiger partial charge < -0.3 is 9.84 Å². The molecule has 1 fully saturated rings. The highest BCUT2D eigenvalue weighted by atomic mass is 35.5. The lowest BCUT2D eigenvalue weighted by molar-refractivity contribution is 0.239. The maximum atomic E-state index is 5.34. The van der Waals surface area contributed by atoms with E-state index < -0.39 is 0 Å². The number of aromatic nitrogens is 2. The fourth-order valence-corrected chi connectivity index (χ4v) is 2.27. The van der Waals surface area contributed by atoms with Crippen molar-refractivity contribution in [2.75, 3.05) is 26.2 Å². The van der Waals surface area contributed by atoms with Crippen LogP contribution in [-0.4, -0.2) is 41.2 Å². The van der Waals surface area contributed by atoms with Crippen molar-refractivity contribution in [3.63, 3.8) is 0 Å². The monoisotopic (exact) mass is 294 g/mol. The molecule has 20 heavy (non-hydrogen) atoms. The predicted molar refractivity (Wildman–Crippen MR) is 79.7 cm³/mol. The zero-order valence-corrected chi connectivity index (χ0v) is 12.1. The molecule has 1 aromatic carbocycles. The van der Waals surface area contributed by atoms with Crippen molar-refractivity contribution < 1.29 is 4.52 Å². The second-order valence-corrected chi connectivity index (χ2v) is 4.76. The van der Waals surface area contributed by atoms with Crippen molar-refractivity contribution in [1.29, 1.82) is 0 Å². The quantitative estimate of drug-likeness (QED) is 0.938. The third kappa shape index (κ3) is 3.79. The topological polar surface area (TPSA) is 54.2 Å². The van der Waals surface area contributed by atoms with E-state index in [0.717, 1.165) is 38.3 Å². The summed E-state index contributed by atoms with van der Waals surface area (Å²) in [5.74, 6) is 1.37. The van der Waals surface area contributed by atoms with E-state index in [-0.39, 0.29) is 12.4 Å². The molecule has 0 saturated carbocycles. The minimum absolute atomic E-state index is 0. The lowest BCUT2D eigenvalue weighted by Gasteiger charge is -2.16. The smallest absolute Gasteiger partial charge is 0.241 e. The minimum Gasteiger partial charge on any atom is -0.338 e. The largest absolute Gasteiger partial charge is 0.338 e. The summed E-state index contributed by atoms with van der Waals surface area (Å²) in [4.78, 5) is 6.81. The lowest BCUT2D eigenvalue weighted by Crippen LogP contribution is -2.27. The van der Waals surface area contributed by atoms with Gasteiger partial charge in [0.05, 0.1) is 6.54 Å². The van der Waals surface area contributed by atoms with Gasteiger partial charge in [0, 0.05) is 18.7 Å². The first-order chi connectivity index (χ1) is 9.42. The fraction of sp³-hybridized carbons (Fsp3) is 0.429. The highest BCUT2D eigenvalue weighted by Crippen LogP contribution is 2.15. The van der Waals surface area contributed by atoms with Crippen LogP contribution in [-0.2, 0) is 6.54 Å². The van der Waals surface area contributed by atoms with Gasteiger partial charge in [0.2, 0.25) is 11.7 Å². The van der Waals surface area contributed by atoms with Crippen LogP contribution in [0.3, 0.4) is 0 Å². The van der Waals surface area contributed by atoms with Crippen molar-refractivity contribution >= 4 is 12.4 Å². The van der Waals surface area contributed by atoms with Gasteiger partial charge in [-0.15, -0.1) is 12.4 Å². The molecule has 108 valence electrons. The molecule has 0 atom stereocenters. The van der Waals surface area contributed by atoms with Gasteiger partial charge in [-0.3, -0.25) is 4.90 Å². The summed E-state index contributed by atoms with van der Waals surface area (Å²) >= 11 is 0. The average molecular weight is 295 g/mol. The first-order valence-corrected chi connectivity index (χ1v) is 6.73. The summed E-state index contributed by atoms with van der Waals surface area (Å²) in [5, 5.41) is 7.43. The number of hydrogen-bond donors (Lipinski definition) is 1. The Balaban J connectivity index is 0.00000147. The Kier molecular flexibility index (Phi) is 5.52. The van der Waals surface area contributed by atoms with E-state index in [4.69, 9.17) is 4.52 Å². The number of hydrogen-bond acceptors (Lipinski definition) is 5. The molecule has 0 bridgehead atoms. The molecule has 0 radical (unpaired) electrons. The molecule has 2 heterocycles. The molecule has 5 nitrogen and oxygen atoms in total. The maximum absolute atomic E-state index is 5.34. The molecule has 1 saturated heterocycles. The third-order valence-electron chi connectivity index (χ3n) is 3.29. The van der Waals surface area contributed by atoms with Crippen molar-refractivity contribution in [2.24, 2.45) is 0 Å². The highest BCUT2D eigenvalue weighted by Gasteiger charge is 2.14. The number of rotatable bonds is 3. The second kappa shape index (κ2) is 7.38. The van der Waals surface area contributed by atoms with E-state index >= 15 is 0 Å². The summed E-state index contributed by atoms with van der Waals surface area (Å²) in [6, 6.07) is 9.92. The molecule has 0 amide bonds. The van der Waals surface area contributed by atoms with Crippen LogP contribution in [0.25, 0.3) is 11.4 Å². The van der Waals surface area contributed by atoms with Crippen LogP contribution in [0, 0.1) is 0 Å². The zero-order chi connectivity index (χ0) is 12.9. The first-order valence-electron chi connectivity index (χ1n) is 6.73. The molecule has 1 N–H and O–H groups in total. The normalized spacial score (nSPS) is 16.4. The van der Waals surface area contributed by atoms with Gasteiger partial charge >= 0.3 is 0 Å². The third-order valence-corrected chi connectivity index (χ3v) is 3.29. The first kappa shape index (κ1) is 15.0. The Morgan fingerprint density at radius 3 is 2.85 bits per heavy atom. The van der Waals surface area contributed by atoms with Gasteiger partial charge in [0.15, 0.2) is 0 Å². The summed E-state index contributed by atoms with van der Waals surface area (Å²) in [6.07, 6.45) is 1.17. The van der Waals surface area contributed by atoms with Gasteiger partial charge in [-0.2, -0.15) is 4.98 Å². The molecular formula is C14H19ClN4O. The van der Waals surface area contributed by atoms with Crippen LogP contribution in [0.4, 0.5) is 0 Å². The lowest BCUT2D eigenvalue weighted by atomic mass is 10.2. The van der Waals surface area contributed by atoms with Gasteiger partial charge in [-0.25, -0.2) is 0 Å². The summed E-state index contributed by atoms with van der Waals surface area (Å²) < 4.78 is 5.34. The SMILES string of the molecule is Cl.c1ccc(-c2noc(CN3CCCNCC3)n2)cc1. The fourth-order valence-electron chi connectivity index (χ4n) is 2.27. The van der Waals surface area contributed by atoms with Crippen molar-refractivity contribution in [3.8, 4) is 11.4 Å². The van der Waals surface area contributed by atoms with Crippen LogP contribution in [0.1, 0.15) is 12.3 Å². The number of nitrogens with one attached hydrogen (secondary N) is 1. The van der Waals surface area contributed by atoms with Gasteiger partial charge in [0.1, 0.15) is 0 Å². The maximum Gasteiger partial charge on any atom is 0.241 e. The van der Waals surface area contributed by atoms with E-state index in [0.29, 0.717) is 11.7 Å². The van der Waals surface area contributed by atoms with Crippen LogP contribution in [0.2, 0.25) is 0 Å². The molecule has 3 rings (SSSR count). The molecule has 6 heteroatoms. The van der Waals surface area contributed by atoms with Crippen LogP contribution in [0.5, 0.6) is 0 Å². The second-order valence-electron chi connectivity index (χ2n) is 4.76. The van der Waals surface area contributed by atoms with Crippen molar-refractivity contribution in [2.45, 2.75) is 13.0 Å². The highest BCUT2D eigenvalue weighted by molar-refractivity contribution is 5.85. The van der Waals surface area contributed by atoms with E-state index in [1.54, 1.807) is 0 Å². The zero-order valence-electron chi connectivity index (χ0n) is 11.3. The minimum atomic E-state index is 0. The molecule has 0 aliphatic carbocycles. The van der Waals surface area contributed by atoms with E-state index in [1.807, 2.05) is 30.3 Å². The Morgan fingerprint density at radius 2 is 2.00 bits per heavy atom. The van der Waals surface area contributed by atoms with E-state index in [9.17, 15) is 0 Å². The molecule has 1 aliphatic heterocycles. The Labute approximate surface area is 124 Å². The predicted octanol–water partition coefficient (Wildman–Crippen LogP) is 1.95. The number of benzene rings is 1. The Morgan fingerprint density at radius 1 is 1.15 bits per heavy atom. The van der Waals surface area contributed by atoms with E-state index in [2.05, 4.69) is 20.4 Å². The molecular weight excluding hydrogens is 276 g/mol. The molecule has 0 spiro atoms. The van der Waals surface area contributed by atoms with Crippen molar-refractivity contribution in [1.82, 2.24) is 20.4 Å². The van der Waals surface area contributed by atoms with Crippen LogP contribution in [0.15, 0.2) is 34.9 Å². The average Bonchev–Trinajstić information content (AvgIpc) is 2.76. The summed E-state index contributed by atoms with van der Waals surface area (Å²) in [7, 11) is 0. The molecule has 0 unspecified atom stereocenters. The van der Waals surface area contributed by atoms with Gasteiger partial charge in [-0.1, -0.05) is 35.5 Å². The summed E-state index contributed by atoms with van der Waals surface area (Å²) in [6.45, 7) is 4.97. The van der Waals surface area contributed by atoms with E-state index in [1.165, 1.54) is 6.42 Å². The number of halogens is 1. The Bertz CT molecular complexity index is 509.